The highest BCUT2D eigenvalue weighted by molar-refractivity contribution is 9.10. The lowest BCUT2D eigenvalue weighted by Gasteiger charge is -2.14. The van der Waals surface area contributed by atoms with Crippen LogP contribution in [0.1, 0.15) is 35.5 Å². The van der Waals surface area contributed by atoms with Crippen LogP contribution in [0.15, 0.2) is 74.7 Å². The van der Waals surface area contributed by atoms with Crippen molar-refractivity contribution in [3.8, 4) is 17.2 Å². The van der Waals surface area contributed by atoms with Crippen LogP contribution in [0.2, 0.25) is 0 Å². The number of hydrogen-bond acceptors (Lipinski definition) is 6. The number of amides is 1. The average molecular weight is 555 g/mol. The highest BCUT2D eigenvalue weighted by Crippen LogP contribution is 2.37. The van der Waals surface area contributed by atoms with Gasteiger partial charge in [-0.3, -0.25) is 4.79 Å². The molecule has 7 nitrogen and oxygen atoms in total. The quantitative estimate of drug-likeness (QED) is 0.179. The van der Waals surface area contributed by atoms with E-state index >= 15 is 0 Å². The highest BCUT2D eigenvalue weighted by Gasteiger charge is 2.14. The summed E-state index contributed by atoms with van der Waals surface area (Å²) in [4.78, 5) is 12.5. The Kier molecular flexibility index (Phi) is 8.22. The molecule has 1 heterocycles. The number of furan rings is 1. The second-order valence-electron chi connectivity index (χ2n) is 7.62. The van der Waals surface area contributed by atoms with Crippen molar-refractivity contribution in [2.45, 2.75) is 20.5 Å². The van der Waals surface area contributed by atoms with Crippen molar-refractivity contribution in [3.63, 3.8) is 0 Å². The zero-order valence-corrected chi connectivity index (χ0v) is 21.3. The third-order valence-electron chi connectivity index (χ3n) is 5.03. The fourth-order valence-corrected chi connectivity index (χ4v) is 3.99. The van der Waals surface area contributed by atoms with E-state index in [1.807, 2.05) is 19.9 Å². The fourth-order valence-electron chi connectivity index (χ4n) is 3.41. The summed E-state index contributed by atoms with van der Waals surface area (Å²) in [7, 11) is 0. The fraction of sp³-hybridized carbons (Fsp3) is 0.185. The number of hydrazone groups is 1. The van der Waals surface area contributed by atoms with Crippen LogP contribution in [0.3, 0.4) is 0 Å². The number of hydrogen-bond donors (Lipinski definition) is 1. The molecular formula is C27H24BrFN2O5. The molecule has 0 aliphatic carbocycles. The van der Waals surface area contributed by atoms with E-state index in [0.717, 1.165) is 10.9 Å². The number of fused-ring (bicyclic) bond motifs is 1. The van der Waals surface area contributed by atoms with Gasteiger partial charge in [-0.2, -0.15) is 5.10 Å². The first-order chi connectivity index (χ1) is 17.5. The molecule has 0 fully saturated rings. The number of nitrogens with zero attached hydrogens (tertiary/aromatic N) is 1. The Morgan fingerprint density at radius 2 is 1.81 bits per heavy atom. The van der Waals surface area contributed by atoms with Gasteiger partial charge in [0, 0.05) is 5.39 Å². The summed E-state index contributed by atoms with van der Waals surface area (Å²) in [6.07, 6.45) is 1.49. The first-order valence-electron chi connectivity index (χ1n) is 11.3. The molecule has 0 saturated carbocycles. The van der Waals surface area contributed by atoms with Crippen molar-refractivity contribution in [3.05, 3.63) is 87.8 Å². The molecule has 0 atom stereocenters. The zero-order chi connectivity index (χ0) is 25.5. The van der Waals surface area contributed by atoms with E-state index in [2.05, 4.69) is 26.5 Å². The molecule has 0 saturated heterocycles. The van der Waals surface area contributed by atoms with Crippen molar-refractivity contribution in [1.82, 2.24) is 5.43 Å². The molecule has 1 aromatic heterocycles. The second-order valence-corrected chi connectivity index (χ2v) is 8.47. The normalized spacial score (nSPS) is 11.1. The van der Waals surface area contributed by atoms with Crippen LogP contribution in [-0.2, 0) is 6.61 Å². The summed E-state index contributed by atoms with van der Waals surface area (Å²) in [5.74, 6) is 1.07. The number of halogens is 2. The molecule has 1 amide bonds. The topological polar surface area (TPSA) is 82.3 Å². The van der Waals surface area contributed by atoms with Gasteiger partial charge in [0.2, 0.25) is 0 Å². The van der Waals surface area contributed by atoms with Crippen molar-refractivity contribution < 1.29 is 27.8 Å². The maximum atomic E-state index is 13.1. The van der Waals surface area contributed by atoms with Crippen LogP contribution in [0.4, 0.5) is 4.39 Å². The minimum Gasteiger partial charge on any atom is -0.494 e. The first-order valence-corrected chi connectivity index (χ1v) is 12.1. The highest BCUT2D eigenvalue weighted by atomic mass is 79.9. The predicted molar refractivity (Wildman–Crippen MR) is 138 cm³/mol. The molecule has 9 heteroatoms. The van der Waals surface area contributed by atoms with Gasteiger partial charge in [-0.15, -0.1) is 0 Å². The maximum Gasteiger partial charge on any atom is 0.307 e. The van der Waals surface area contributed by atoms with E-state index in [-0.39, 0.29) is 18.2 Å². The van der Waals surface area contributed by atoms with Crippen LogP contribution in [0.5, 0.6) is 17.2 Å². The maximum absolute atomic E-state index is 13.1. The molecule has 0 spiro atoms. The van der Waals surface area contributed by atoms with Gasteiger partial charge in [0.1, 0.15) is 23.8 Å². The Balaban J connectivity index is 1.44. The molecule has 36 heavy (non-hydrogen) atoms. The minimum absolute atomic E-state index is 0.136. The van der Waals surface area contributed by atoms with Gasteiger partial charge in [0.15, 0.2) is 17.3 Å². The van der Waals surface area contributed by atoms with E-state index in [4.69, 9.17) is 18.6 Å². The minimum atomic E-state index is -0.483. The number of ether oxygens (including phenoxy) is 3. The Bertz CT molecular complexity index is 1390. The van der Waals surface area contributed by atoms with E-state index < -0.39 is 5.91 Å². The smallest absolute Gasteiger partial charge is 0.307 e. The van der Waals surface area contributed by atoms with Gasteiger partial charge in [-0.25, -0.2) is 9.82 Å². The molecular weight excluding hydrogens is 531 g/mol. The molecule has 0 radical (unpaired) electrons. The largest absolute Gasteiger partial charge is 0.494 e. The van der Waals surface area contributed by atoms with Crippen LogP contribution < -0.4 is 19.6 Å². The molecule has 4 rings (SSSR count). The van der Waals surface area contributed by atoms with Crippen molar-refractivity contribution in [2.75, 3.05) is 13.2 Å². The van der Waals surface area contributed by atoms with Crippen LogP contribution >= 0.6 is 15.9 Å². The zero-order valence-electron chi connectivity index (χ0n) is 19.7. The van der Waals surface area contributed by atoms with Gasteiger partial charge in [-0.05, 0) is 89.4 Å². The molecule has 0 unspecified atom stereocenters. The Morgan fingerprint density at radius 3 is 2.56 bits per heavy atom. The van der Waals surface area contributed by atoms with Gasteiger partial charge in [0.25, 0.3) is 0 Å². The number of nitrogens with one attached hydrogen (secondary N) is 1. The third-order valence-corrected chi connectivity index (χ3v) is 5.62. The van der Waals surface area contributed by atoms with Gasteiger partial charge in [0.05, 0.1) is 23.9 Å². The molecule has 0 aliphatic rings. The summed E-state index contributed by atoms with van der Waals surface area (Å²) in [6, 6.07) is 16.6. The average Bonchev–Trinajstić information content (AvgIpc) is 3.29. The number of carbonyl (C=O) groups excluding carboxylic acids is 1. The molecule has 0 bridgehead atoms. The summed E-state index contributed by atoms with van der Waals surface area (Å²) in [5, 5.41) is 4.81. The first kappa shape index (κ1) is 25.2. The van der Waals surface area contributed by atoms with Gasteiger partial charge < -0.3 is 18.6 Å². The lowest BCUT2D eigenvalue weighted by Crippen LogP contribution is -2.16. The summed E-state index contributed by atoms with van der Waals surface area (Å²) < 4.78 is 36.5. The van der Waals surface area contributed by atoms with E-state index in [1.165, 1.54) is 18.3 Å². The lowest BCUT2D eigenvalue weighted by molar-refractivity contribution is 0.0929. The van der Waals surface area contributed by atoms with Crippen LogP contribution in [-0.4, -0.2) is 25.3 Å². The standard InChI is InChI=1S/C27H24BrFN2O5/c1-3-33-21-9-10-23-19(13-21)14-25(36-23)27(32)31-30-15-18-11-22(28)26(24(12-18)34-4-2)35-16-17-5-7-20(29)8-6-17/h5-15H,3-4,16H2,1-2H3,(H,31,32). The monoisotopic (exact) mass is 554 g/mol. The SMILES string of the molecule is CCOc1ccc2oc(C(=O)NN=Cc3cc(Br)c(OCc4ccc(F)cc4)c(OCC)c3)cc2c1. The third kappa shape index (κ3) is 6.23. The summed E-state index contributed by atoms with van der Waals surface area (Å²) in [5.41, 5.74) is 4.54. The predicted octanol–water partition coefficient (Wildman–Crippen LogP) is 6.47. The van der Waals surface area contributed by atoms with Crippen molar-refractivity contribution in [2.24, 2.45) is 5.10 Å². The molecule has 186 valence electrons. The molecule has 3 aromatic carbocycles. The Hall–Kier alpha value is -3.85. The van der Waals surface area contributed by atoms with E-state index in [1.54, 1.807) is 42.5 Å². The van der Waals surface area contributed by atoms with Crippen LogP contribution in [0.25, 0.3) is 11.0 Å². The van der Waals surface area contributed by atoms with Crippen molar-refractivity contribution >= 4 is 39.0 Å². The Morgan fingerprint density at radius 1 is 1.03 bits per heavy atom. The van der Waals surface area contributed by atoms with Gasteiger partial charge >= 0.3 is 5.91 Å². The van der Waals surface area contributed by atoms with Crippen LogP contribution in [0, 0.1) is 5.82 Å². The summed E-state index contributed by atoms with van der Waals surface area (Å²) in [6.45, 7) is 4.98. The second kappa shape index (κ2) is 11.7. The van der Waals surface area contributed by atoms with E-state index in [9.17, 15) is 9.18 Å². The van der Waals surface area contributed by atoms with Crippen molar-refractivity contribution in [1.29, 1.82) is 0 Å². The Labute approximate surface area is 216 Å². The number of carbonyl (C=O) groups is 1. The van der Waals surface area contributed by atoms with Gasteiger partial charge in [-0.1, -0.05) is 12.1 Å². The summed E-state index contributed by atoms with van der Waals surface area (Å²) >= 11 is 3.51. The number of rotatable bonds is 10. The number of benzene rings is 3. The molecule has 1 N–H and O–H groups in total. The van der Waals surface area contributed by atoms with E-state index in [0.29, 0.717) is 46.1 Å². The molecule has 0 aliphatic heterocycles. The lowest BCUT2D eigenvalue weighted by atomic mass is 10.2. The molecule has 4 aromatic rings.